The normalized spacial score (nSPS) is 14.4. The number of pyridine rings is 1. The van der Waals surface area contributed by atoms with Crippen LogP contribution in [0.1, 0.15) is 32.1 Å². The summed E-state index contributed by atoms with van der Waals surface area (Å²) in [5.74, 6) is 0.577. The minimum Gasteiger partial charge on any atom is -0.393 e. The molecule has 18 heavy (non-hydrogen) atoms. The van der Waals surface area contributed by atoms with Crippen molar-refractivity contribution < 1.29 is 9.63 Å². The van der Waals surface area contributed by atoms with Gasteiger partial charge in [-0.2, -0.15) is 4.98 Å². The van der Waals surface area contributed by atoms with Crippen molar-refractivity contribution in [1.82, 2.24) is 15.1 Å². The Bertz CT molecular complexity index is 528. The molecule has 0 fully saturated rings. The quantitative estimate of drug-likeness (QED) is 0.922. The molecule has 2 atom stereocenters. The van der Waals surface area contributed by atoms with Crippen molar-refractivity contribution in [2.45, 2.75) is 32.3 Å². The van der Waals surface area contributed by atoms with Gasteiger partial charge < -0.3 is 9.63 Å². The van der Waals surface area contributed by atoms with Crippen LogP contribution in [0, 0.1) is 0 Å². The van der Waals surface area contributed by atoms with Crippen molar-refractivity contribution in [3.05, 3.63) is 29.2 Å². The fraction of sp³-hybridized carbons (Fsp3) is 0.417. The van der Waals surface area contributed by atoms with E-state index < -0.39 is 6.10 Å². The smallest absolute Gasteiger partial charge is 0.232 e. The second-order valence-electron chi connectivity index (χ2n) is 4.05. The van der Waals surface area contributed by atoms with Crippen molar-refractivity contribution in [2.24, 2.45) is 0 Å². The van der Waals surface area contributed by atoms with E-state index in [0.717, 1.165) is 6.42 Å². The van der Waals surface area contributed by atoms with E-state index in [-0.39, 0.29) is 5.92 Å². The molecule has 2 unspecified atom stereocenters. The van der Waals surface area contributed by atoms with Gasteiger partial charge in [0, 0.05) is 6.20 Å². The van der Waals surface area contributed by atoms with Crippen LogP contribution in [0.4, 0.5) is 0 Å². The average Bonchev–Trinajstić information content (AvgIpc) is 2.79. The third-order valence-corrected chi connectivity index (χ3v) is 3.06. The summed E-state index contributed by atoms with van der Waals surface area (Å²) in [6.45, 7) is 3.65. The highest BCUT2D eigenvalue weighted by atomic mass is 35.5. The van der Waals surface area contributed by atoms with Gasteiger partial charge in [0.25, 0.3) is 0 Å². The van der Waals surface area contributed by atoms with E-state index in [9.17, 15) is 5.11 Å². The van der Waals surface area contributed by atoms with E-state index >= 15 is 0 Å². The molecule has 2 aromatic rings. The van der Waals surface area contributed by atoms with Crippen LogP contribution in [-0.4, -0.2) is 26.3 Å². The van der Waals surface area contributed by atoms with Crippen LogP contribution in [0.25, 0.3) is 11.5 Å². The SMILES string of the molecule is CCC(c1nc(-c2ncccc2Cl)no1)C(C)O. The number of aromatic nitrogens is 3. The second-order valence-corrected chi connectivity index (χ2v) is 4.45. The van der Waals surface area contributed by atoms with Crippen LogP contribution in [0.5, 0.6) is 0 Å². The van der Waals surface area contributed by atoms with Gasteiger partial charge >= 0.3 is 0 Å². The standard InChI is InChI=1S/C12H14ClN3O2/c1-3-8(7(2)17)12-15-11(16-18-12)10-9(13)5-4-6-14-10/h4-8,17H,3H2,1-2H3. The Labute approximate surface area is 110 Å². The van der Waals surface area contributed by atoms with Gasteiger partial charge in [-0.1, -0.05) is 23.7 Å². The van der Waals surface area contributed by atoms with Crippen molar-refractivity contribution >= 4 is 11.6 Å². The number of hydrogen-bond acceptors (Lipinski definition) is 5. The number of hydrogen-bond donors (Lipinski definition) is 1. The van der Waals surface area contributed by atoms with Gasteiger partial charge in [0.05, 0.1) is 17.0 Å². The fourth-order valence-electron chi connectivity index (χ4n) is 1.75. The summed E-state index contributed by atoms with van der Waals surface area (Å²) >= 11 is 6.01. The molecule has 5 nitrogen and oxygen atoms in total. The first-order valence-corrected chi connectivity index (χ1v) is 6.13. The zero-order valence-electron chi connectivity index (χ0n) is 10.2. The molecule has 6 heteroatoms. The predicted octanol–water partition coefficient (Wildman–Crippen LogP) is 2.66. The van der Waals surface area contributed by atoms with E-state index in [0.29, 0.717) is 22.4 Å². The fourth-order valence-corrected chi connectivity index (χ4v) is 1.96. The third kappa shape index (κ3) is 2.52. The van der Waals surface area contributed by atoms with E-state index in [1.54, 1.807) is 25.3 Å². The molecule has 0 aliphatic carbocycles. The number of aliphatic hydroxyl groups is 1. The molecule has 0 saturated carbocycles. The molecule has 0 aliphatic heterocycles. The highest BCUT2D eigenvalue weighted by Gasteiger charge is 2.23. The lowest BCUT2D eigenvalue weighted by molar-refractivity contribution is 0.141. The highest BCUT2D eigenvalue weighted by molar-refractivity contribution is 6.32. The molecule has 0 bridgehead atoms. The van der Waals surface area contributed by atoms with Crippen molar-refractivity contribution in [2.75, 3.05) is 0 Å². The molecule has 1 N–H and O–H groups in total. The lowest BCUT2D eigenvalue weighted by atomic mass is 10.0. The number of rotatable bonds is 4. The lowest BCUT2D eigenvalue weighted by Crippen LogP contribution is -2.14. The van der Waals surface area contributed by atoms with Gasteiger partial charge in [0.2, 0.25) is 11.7 Å². The molecule has 0 aromatic carbocycles. The highest BCUT2D eigenvalue weighted by Crippen LogP contribution is 2.26. The number of aliphatic hydroxyl groups excluding tert-OH is 1. The topological polar surface area (TPSA) is 72.0 Å². The first kappa shape index (κ1) is 13.0. The molecular formula is C12H14ClN3O2. The Kier molecular flexibility index (Phi) is 3.93. The maximum atomic E-state index is 9.63. The van der Waals surface area contributed by atoms with Crippen LogP contribution in [0.3, 0.4) is 0 Å². The van der Waals surface area contributed by atoms with E-state index in [1.807, 2.05) is 6.92 Å². The zero-order chi connectivity index (χ0) is 13.1. The molecule has 0 spiro atoms. The van der Waals surface area contributed by atoms with Crippen LogP contribution in [-0.2, 0) is 0 Å². The zero-order valence-corrected chi connectivity index (χ0v) is 10.9. The summed E-state index contributed by atoms with van der Waals surface area (Å²) in [7, 11) is 0. The van der Waals surface area contributed by atoms with E-state index in [1.165, 1.54) is 0 Å². The number of halogens is 1. The largest absolute Gasteiger partial charge is 0.393 e. The first-order chi connectivity index (χ1) is 8.63. The average molecular weight is 268 g/mol. The number of nitrogens with zero attached hydrogens (tertiary/aromatic N) is 3. The summed E-state index contributed by atoms with van der Waals surface area (Å²) in [5, 5.41) is 14.0. The Hall–Kier alpha value is -1.46. The van der Waals surface area contributed by atoms with E-state index in [2.05, 4.69) is 15.1 Å². The summed E-state index contributed by atoms with van der Waals surface area (Å²) in [5.41, 5.74) is 0.481. The van der Waals surface area contributed by atoms with Gasteiger partial charge in [-0.3, -0.25) is 4.98 Å². The van der Waals surface area contributed by atoms with Crippen molar-refractivity contribution in [1.29, 1.82) is 0 Å². The maximum absolute atomic E-state index is 9.63. The van der Waals surface area contributed by atoms with Crippen LogP contribution in [0.15, 0.2) is 22.9 Å². The molecule has 2 rings (SSSR count). The second kappa shape index (κ2) is 5.46. The Morgan fingerprint density at radius 1 is 1.50 bits per heavy atom. The third-order valence-electron chi connectivity index (χ3n) is 2.75. The predicted molar refractivity (Wildman–Crippen MR) is 67.3 cm³/mol. The van der Waals surface area contributed by atoms with Gasteiger partial charge in [0.1, 0.15) is 5.69 Å². The summed E-state index contributed by atoms with van der Waals surface area (Å²) in [6, 6.07) is 3.45. The summed E-state index contributed by atoms with van der Waals surface area (Å²) < 4.78 is 5.17. The Morgan fingerprint density at radius 3 is 2.89 bits per heavy atom. The maximum Gasteiger partial charge on any atom is 0.232 e. The van der Waals surface area contributed by atoms with E-state index in [4.69, 9.17) is 16.1 Å². The minimum absolute atomic E-state index is 0.172. The molecule has 2 heterocycles. The van der Waals surface area contributed by atoms with Gasteiger partial charge in [-0.05, 0) is 25.5 Å². The van der Waals surface area contributed by atoms with Gasteiger partial charge in [-0.15, -0.1) is 0 Å². The van der Waals surface area contributed by atoms with Crippen LogP contribution >= 0.6 is 11.6 Å². The van der Waals surface area contributed by atoms with Crippen LogP contribution in [0.2, 0.25) is 5.02 Å². The molecule has 0 aliphatic rings. The Balaban J connectivity index is 2.34. The summed E-state index contributed by atoms with van der Waals surface area (Å²) in [6.07, 6.45) is 1.79. The molecule has 0 radical (unpaired) electrons. The summed E-state index contributed by atoms with van der Waals surface area (Å²) in [4.78, 5) is 8.36. The lowest BCUT2D eigenvalue weighted by Gasteiger charge is -2.12. The minimum atomic E-state index is -0.539. The van der Waals surface area contributed by atoms with Gasteiger partial charge in [0.15, 0.2) is 0 Å². The molecule has 96 valence electrons. The van der Waals surface area contributed by atoms with Gasteiger partial charge in [-0.25, -0.2) is 0 Å². The molecule has 0 amide bonds. The first-order valence-electron chi connectivity index (χ1n) is 5.76. The van der Waals surface area contributed by atoms with Crippen molar-refractivity contribution in [3.8, 4) is 11.5 Å². The van der Waals surface area contributed by atoms with Crippen LogP contribution < -0.4 is 0 Å². The molecular weight excluding hydrogens is 254 g/mol. The molecule has 0 saturated heterocycles. The van der Waals surface area contributed by atoms with Crippen molar-refractivity contribution in [3.63, 3.8) is 0 Å². The Morgan fingerprint density at radius 2 is 2.28 bits per heavy atom. The molecule has 2 aromatic heterocycles. The monoisotopic (exact) mass is 267 g/mol.